The van der Waals surface area contributed by atoms with Gasteiger partial charge in [-0.25, -0.2) is 9.79 Å². The van der Waals surface area contributed by atoms with Crippen LogP contribution in [0.5, 0.6) is 0 Å². The zero-order valence-electron chi connectivity index (χ0n) is 7.90. The molecule has 0 aromatic heterocycles. The molecule has 0 radical (unpaired) electrons. The van der Waals surface area contributed by atoms with Gasteiger partial charge in [-0.15, -0.1) is 0 Å². The summed E-state index contributed by atoms with van der Waals surface area (Å²) >= 11 is 0. The lowest BCUT2D eigenvalue weighted by Crippen LogP contribution is -2.26. The van der Waals surface area contributed by atoms with E-state index in [0.29, 0.717) is 4.74 Å². The third-order valence-corrected chi connectivity index (χ3v) is 1.66. The number of aliphatic imine (C=N–C) groups is 1. The van der Waals surface area contributed by atoms with Crippen molar-refractivity contribution in [2.75, 3.05) is 6.61 Å². The van der Waals surface area contributed by atoms with Crippen LogP contribution < -0.4 is 0 Å². The van der Waals surface area contributed by atoms with E-state index in [1.54, 1.807) is 20.8 Å². The fraction of sp³-hybridized carbons (Fsp3) is 0.625. The Morgan fingerprint density at radius 1 is 1.77 bits per heavy atom. The summed E-state index contributed by atoms with van der Waals surface area (Å²) in [6.45, 7) is 5.24. The maximum absolute atomic E-state index is 11.2. The van der Waals surface area contributed by atoms with Crippen LogP contribution >= 0.6 is 0 Å². The highest BCUT2D eigenvalue weighted by Crippen LogP contribution is 2.14. The van der Waals surface area contributed by atoms with E-state index in [1.807, 2.05) is 0 Å². The number of hydroxylamine groups is 1. The maximum atomic E-state index is 11.2. The molecular formula is C8H12N2O3. The van der Waals surface area contributed by atoms with Gasteiger partial charge in [-0.3, -0.25) is 0 Å². The SMILES string of the molecule is CCOC(=O)C1=NC(C)(C)[N+]([O-])=C1. The molecule has 5 heteroatoms. The average Bonchev–Trinajstić information content (AvgIpc) is 2.27. The third-order valence-electron chi connectivity index (χ3n) is 1.66. The minimum absolute atomic E-state index is 0.0850. The van der Waals surface area contributed by atoms with Crippen LogP contribution in [0.2, 0.25) is 0 Å². The van der Waals surface area contributed by atoms with Crippen LogP contribution in [0.25, 0.3) is 0 Å². The second-order valence-corrected chi connectivity index (χ2v) is 3.17. The fourth-order valence-corrected chi connectivity index (χ4v) is 0.945. The van der Waals surface area contributed by atoms with Gasteiger partial charge in [0.05, 0.1) is 6.61 Å². The van der Waals surface area contributed by atoms with Crippen LogP contribution in [-0.2, 0) is 9.53 Å². The van der Waals surface area contributed by atoms with Gasteiger partial charge in [0.2, 0.25) is 11.9 Å². The highest BCUT2D eigenvalue weighted by Gasteiger charge is 2.34. The van der Waals surface area contributed by atoms with Crippen molar-refractivity contribution in [1.29, 1.82) is 0 Å². The summed E-state index contributed by atoms with van der Waals surface area (Å²) in [6.07, 6.45) is 1.15. The number of esters is 1. The lowest BCUT2D eigenvalue weighted by molar-refractivity contribution is -0.528. The van der Waals surface area contributed by atoms with Crippen LogP contribution in [0.15, 0.2) is 4.99 Å². The van der Waals surface area contributed by atoms with Gasteiger partial charge in [0.25, 0.3) is 5.66 Å². The molecular weight excluding hydrogens is 172 g/mol. The molecule has 0 bridgehead atoms. The molecule has 0 aromatic rings. The summed E-state index contributed by atoms with van der Waals surface area (Å²) in [7, 11) is 0. The van der Waals surface area contributed by atoms with Crippen LogP contribution in [0, 0.1) is 5.21 Å². The molecule has 0 saturated carbocycles. The lowest BCUT2D eigenvalue weighted by atomic mass is 10.3. The summed E-state index contributed by atoms with van der Waals surface area (Å²) in [4.78, 5) is 15.0. The first-order chi connectivity index (χ1) is 5.97. The Hall–Kier alpha value is -1.39. The van der Waals surface area contributed by atoms with E-state index in [-0.39, 0.29) is 12.3 Å². The Morgan fingerprint density at radius 2 is 2.38 bits per heavy atom. The molecule has 0 aromatic carbocycles. The zero-order valence-corrected chi connectivity index (χ0v) is 7.90. The number of rotatable bonds is 2. The van der Waals surface area contributed by atoms with E-state index in [1.165, 1.54) is 0 Å². The minimum atomic E-state index is -0.887. The first-order valence-electron chi connectivity index (χ1n) is 4.05. The molecule has 0 N–H and O–H groups in total. The van der Waals surface area contributed by atoms with Gasteiger partial charge in [0, 0.05) is 13.8 Å². The second kappa shape index (κ2) is 3.16. The molecule has 1 heterocycles. The first kappa shape index (κ1) is 9.70. The van der Waals surface area contributed by atoms with Gasteiger partial charge in [-0.05, 0) is 6.92 Å². The largest absolute Gasteiger partial charge is 0.622 e. The van der Waals surface area contributed by atoms with Gasteiger partial charge < -0.3 is 9.94 Å². The maximum Gasteiger partial charge on any atom is 0.363 e. The molecule has 1 aliphatic rings. The Balaban J connectivity index is 2.81. The Morgan fingerprint density at radius 3 is 2.77 bits per heavy atom. The van der Waals surface area contributed by atoms with Crippen molar-refractivity contribution < 1.29 is 14.3 Å². The van der Waals surface area contributed by atoms with E-state index in [2.05, 4.69) is 4.99 Å². The number of hydrogen-bond acceptors (Lipinski definition) is 4. The highest BCUT2D eigenvalue weighted by molar-refractivity contribution is 6.58. The van der Waals surface area contributed by atoms with Crippen molar-refractivity contribution in [2.45, 2.75) is 26.4 Å². The minimum Gasteiger partial charge on any atom is -0.622 e. The van der Waals surface area contributed by atoms with Crippen LogP contribution in [0.3, 0.4) is 0 Å². The van der Waals surface area contributed by atoms with Crippen LogP contribution in [0.1, 0.15) is 20.8 Å². The van der Waals surface area contributed by atoms with Gasteiger partial charge in [-0.1, -0.05) is 0 Å². The normalized spacial score (nSPS) is 19.3. The van der Waals surface area contributed by atoms with E-state index in [0.717, 1.165) is 6.21 Å². The van der Waals surface area contributed by atoms with Gasteiger partial charge in [0.1, 0.15) is 0 Å². The molecule has 72 valence electrons. The molecule has 13 heavy (non-hydrogen) atoms. The molecule has 0 unspecified atom stereocenters. The molecule has 5 nitrogen and oxygen atoms in total. The number of carbonyl (C=O) groups excluding carboxylic acids is 1. The number of hydrogen-bond donors (Lipinski definition) is 0. The topological polar surface area (TPSA) is 64.7 Å². The lowest BCUT2D eigenvalue weighted by Gasteiger charge is -2.13. The summed E-state index contributed by atoms with van der Waals surface area (Å²) in [5, 5.41) is 11.2. The number of nitrogens with zero attached hydrogens (tertiary/aromatic N) is 2. The summed E-state index contributed by atoms with van der Waals surface area (Å²) < 4.78 is 5.34. The molecule has 0 amide bonds. The Bertz CT molecular complexity index is 292. The van der Waals surface area contributed by atoms with Gasteiger partial charge in [-0.2, -0.15) is 4.74 Å². The summed E-state index contributed by atoms with van der Waals surface area (Å²) in [5.74, 6) is -0.547. The second-order valence-electron chi connectivity index (χ2n) is 3.17. The van der Waals surface area contributed by atoms with Crippen molar-refractivity contribution in [1.82, 2.24) is 0 Å². The van der Waals surface area contributed by atoms with E-state index in [9.17, 15) is 10.0 Å². The summed E-state index contributed by atoms with van der Waals surface area (Å²) in [6, 6.07) is 0. The van der Waals surface area contributed by atoms with E-state index < -0.39 is 11.6 Å². The quantitative estimate of drug-likeness (QED) is 0.352. The van der Waals surface area contributed by atoms with E-state index >= 15 is 0 Å². The van der Waals surface area contributed by atoms with Crippen molar-refractivity contribution >= 4 is 17.9 Å². The van der Waals surface area contributed by atoms with Crippen LogP contribution in [-0.4, -0.2) is 34.9 Å². The molecule has 0 spiro atoms. The van der Waals surface area contributed by atoms with Crippen molar-refractivity contribution in [3.05, 3.63) is 5.21 Å². The van der Waals surface area contributed by atoms with Crippen molar-refractivity contribution in [3.8, 4) is 0 Å². The molecule has 0 aliphatic carbocycles. The van der Waals surface area contributed by atoms with E-state index in [4.69, 9.17) is 4.74 Å². The predicted molar refractivity (Wildman–Crippen MR) is 47.8 cm³/mol. The third kappa shape index (κ3) is 1.85. The summed E-state index contributed by atoms with van der Waals surface area (Å²) in [5.41, 5.74) is -0.802. The smallest absolute Gasteiger partial charge is 0.363 e. The fourth-order valence-electron chi connectivity index (χ4n) is 0.945. The predicted octanol–water partition coefficient (Wildman–Crippen LogP) is 0.321. The standard InChI is InChI=1S/C8H12N2O3/c1-4-13-7(11)6-5-10(12)8(2,3)9-6/h5H,4H2,1-3H3. The van der Waals surface area contributed by atoms with Crippen LogP contribution in [0.4, 0.5) is 0 Å². The molecule has 1 rings (SSSR count). The number of carbonyl (C=O) groups is 1. The van der Waals surface area contributed by atoms with Crippen molar-refractivity contribution in [2.24, 2.45) is 4.99 Å². The van der Waals surface area contributed by atoms with Gasteiger partial charge >= 0.3 is 5.97 Å². The molecule has 0 saturated heterocycles. The highest BCUT2D eigenvalue weighted by atomic mass is 16.5. The Labute approximate surface area is 76.3 Å². The molecule has 1 aliphatic heterocycles. The first-order valence-corrected chi connectivity index (χ1v) is 4.05. The zero-order chi connectivity index (χ0) is 10.1. The monoisotopic (exact) mass is 184 g/mol. The molecule has 0 atom stereocenters. The number of ether oxygens (including phenoxy) is 1. The average molecular weight is 184 g/mol. The van der Waals surface area contributed by atoms with Crippen molar-refractivity contribution in [3.63, 3.8) is 0 Å². The van der Waals surface area contributed by atoms with Gasteiger partial charge in [0.15, 0.2) is 0 Å². The molecule has 0 fully saturated rings. The Kier molecular flexibility index (Phi) is 2.36.